The van der Waals surface area contributed by atoms with Crippen molar-refractivity contribution in [3.8, 4) is 0 Å². The van der Waals surface area contributed by atoms with Crippen LogP contribution in [0.2, 0.25) is 0 Å². The lowest BCUT2D eigenvalue weighted by atomic mass is 10.1. The van der Waals surface area contributed by atoms with Crippen molar-refractivity contribution in [1.29, 1.82) is 0 Å². The summed E-state index contributed by atoms with van der Waals surface area (Å²) in [5.41, 5.74) is -0.262. The largest absolute Gasteiger partial charge is 0.480 e. The molecule has 0 heterocycles. The van der Waals surface area contributed by atoms with Gasteiger partial charge in [-0.2, -0.15) is 0 Å². The Morgan fingerprint density at radius 1 is 1.31 bits per heavy atom. The van der Waals surface area contributed by atoms with Crippen LogP contribution in [0, 0.1) is 18.6 Å². The average molecular weight is 229 g/mol. The number of halogens is 2. The van der Waals surface area contributed by atoms with Crippen LogP contribution >= 0.6 is 0 Å². The number of carbonyl (C=O) groups is 2. The minimum Gasteiger partial charge on any atom is -0.480 e. The first-order valence-corrected chi connectivity index (χ1v) is 4.37. The quantitative estimate of drug-likeness (QED) is 0.815. The summed E-state index contributed by atoms with van der Waals surface area (Å²) in [5.74, 6) is -3.91. The number of hydrogen-bond acceptors (Lipinski definition) is 2. The number of aryl methyl sites for hydroxylation is 1. The number of amides is 1. The Balaban J connectivity index is 2.91. The highest BCUT2D eigenvalue weighted by molar-refractivity contribution is 5.96. The van der Waals surface area contributed by atoms with Crippen molar-refractivity contribution in [2.75, 3.05) is 6.54 Å². The molecular weight excluding hydrogens is 220 g/mol. The Morgan fingerprint density at radius 2 is 1.94 bits per heavy atom. The molecule has 0 saturated carbocycles. The standard InChI is InChI=1S/C10H9F2NO3/c1-5-2-6(8(12)3-7(5)11)10(16)13-4-9(14)15/h2-3H,4H2,1H3,(H,13,16)(H,14,15). The Labute approximate surface area is 89.9 Å². The summed E-state index contributed by atoms with van der Waals surface area (Å²) in [7, 11) is 0. The van der Waals surface area contributed by atoms with E-state index in [4.69, 9.17) is 5.11 Å². The Kier molecular flexibility index (Phi) is 3.55. The number of carboxylic acids is 1. The number of aliphatic carboxylic acids is 1. The zero-order chi connectivity index (χ0) is 12.3. The molecule has 4 nitrogen and oxygen atoms in total. The van der Waals surface area contributed by atoms with Gasteiger partial charge < -0.3 is 10.4 Å². The van der Waals surface area contributed by atoms with Crippen molar-refractivity contribution in [3.63, 3.8) is 0 Å². The van der Waals surface area contributed by atoms with E-state index in [0.29, 0.717) is 6.07 Å². The first-order chi connectivity index (χ1) is 7.41. The van der Waals surface area contributed by atoms with Crippen molar-refractivity contribution in [1.82, 2.24) is 5.32 Å². The summed E-state index contributed by atoms with van der Waals surface area (Å²) in [4.78, 5) is 21.5. The monoisotopic (exact) mass is 229 g/mol. The van der Waals surface area contributed by atoms with Crippen LogP contribution in [-0.2, 0) is 4.79 Å². The highest BCUT2D eigenvalue weighted by Crippen LogP contribution is 2.13. The van der Waals surface area contributed by atoms with Gasteiger partial charge in [0.1, 0.15) is 18.2 Å². The van der Waals surface area contributed by atoms with Gasteiger partial charge in [0.15, 0.2) is 0 Å². The van der Waals surface area contributed by atoms with E-state index in [0.717, 1.165) is 6.07 Å². The maximum Gasteiger partial charge on any atom is 0.322 e. The third-order valence-electron chi connectivity index (χ3n) is 1.89. The second-order valence-corrected chi connectivity index (χ2v) is 3.16. The van der Waals surface area contributed by atoms with E-state index in [2.05, 4.69) is 0 Å². The Morgan fingerprint density at radius 3 is 2.50 bits per heavy atom. The van der Waals surface area contributed by atoms with Crippen LogP contribution in [0.4, 0.5) is 8.78 Å². The SMILES string of the molecule is Cc1cc(C(=O)NCC(=O)O)c(F)cc1F. The van der Waals surface area contributed by atoms with Gasteiger partial charge in [0.25, 0.3) is 5.91 Å². The van der Waals surface area contributed by atoms with Gasteiger partial charge in [-0.3, -0.25) is 9.59 Å². The fourth-order valence-corrected chi connectivity index (χ4v) is 1.08. The number of hydrogen-bond donors (Lipinski definition) is 2. The lowest BCUT2D eigenvalue weighted by Gasteiger charge is -2.05. The molecule has 0 aliphatic rings. The molecule has 0 spiro atoms. The molecule has 0 saturated heterocycles. The van der Waals surface area contributed by atoms with Gasteiger partial charge in [0.05, 0.1) is 5.56 Å². The van der Waals surface area contributed by atoms with Crippen LogP contribution in [0.5, 0.6) is 0 Å². The summed E-state index contributed by atoms with van der Waals surface area (Å²) in [5, 5.41) is 10.3. The molecule has 2 N–H and O–H groups in total. The molecule has 0 aliphatic heterocycles. The highest BCUT2D eigenvalue weighted by Gasteiger charge is 2.14. The van der Waals surface area contributed by atoms with Gasteiger partial charge in [-0.15, -0.1) is 0 Å². The fraction of sp³-hybridized carbons (Fsp3) is 0.200. The van der Waals surface area contributed by atoms with E-state index < -0.39 is 30.1 Å². The number of benzene rings is 1. The number of nitrogens with one attached hydrogen (secondary N) is 1. The number of carbonyl (C=O) groups excluding carboxylic acids is 1. The lowest BCUT2D eigenvalue weighted by molar-refractivity contribution is -0.135. The van der Waals surface area contributed by atoms with E-state index in [1.54, 1.807) is 0 Å². The van der Waals surface area contributed by atoms with Crippen LogP contribution in [0.1, 0.15) is 15.9 Å². The van der Waals surface area contributed by atoms with E-state index in [1.807, 2.05) is 5.32 Å². The molecule has 16 heavy (non-hydrogen) atoms. The lowest BCUT2D eigenvalue weighted by Crippen LogP contribution is -2.30. The second kappa shape index (κ2) is 4.69. The molecular formula is C10H9F2NO3. The third kappa shape index (κ3) is 2.75. The summed E-state index contributed by atoms with van der Waals surface area (Å²) in [6.07, 6.45) is 0. The molecule has 0 aliphatic carbocycles. The summed E-state index contributed by atoms with van der Waals surface area (Å²) in [6, 6.07) is 1.62. The predicted molar refractivity (Wildman–Crippen MR) is 51.1 cm³/mol. The van der Waals surface area contributed by atoms with Gasteiger partial charge in [0, 0.05) is 6.07 Å². The number of carboxylic acid groups (broad SMARTS) is 1. The van der Waals surface area contributed by atoms with Crippen LogP contribution in [0.3, 0.4) is 0 Å². The molecule has 0 bridgehead atoms. The fourth-order valence-electron chi connectivity index (χ4n) is 1.08. The maximum atomic E-state index is 13.2. The molecule has 0 atom stereocenters. The summed E-state index contributed by atoms with van der Waals surface area (Å²) >= 11 is 0. The van der Waals surface area contributed by atoms with Gasteiger partial charge in [0.2, 0.25) is 0 Å². The van der Waals surface area contributed by atoms with E-state index in [9.17, 15) is 18.4 Å². The molecule has 86 valence electrons. The molecule has 6 heteroatoms. The third-order valence-corrected chi connectivity index (χ3v) is 1.89. The summed E-state index contributed by atoms with van der Waals surface area (Å²) < 4.78 is 26.0. The van der Waals surface area contributed by atoms with Gasteiger partial charge in [-0.05, 0) is 18.6 Å². The van der Waals surface area contributed by atoms with E-state index in [1.165, 1.54) is 6.92 Å². The Bertz CT molecular complexity index is 446. The van der Waals surface area contributed by atoms with Gasteiger partial charge in [-0.25, -0.2) is 8.78 Å². The molecule has 1 rings (SSSR count). The van der Waals surface area contributed by atoms with Crippen LogP contribution in [0.25, 0.3) is 0 Å². The first-order valence-electron chi connectivity index (χ1n) is 4.37. The normalized spacial score (nSPS) is 9.94. The van der Waals surface area contributed by atoms with Crippen molar-refractivity contribution in [2.24, 2.45) is 0 Å². The molecule has 0 fully saturated rings. The first kappa shape index (κ1) is 12.1. The molecule has 0 aromatic heterocycles. The molecule has 1 aromatic rings. The Hall–Kier alpha value is -1.98. The average Bonchev–Trinajstić information content (AvgIpc) is 2.20. The van der Waals surface area contributed by atoms with Crippen molar-refractivity contribution in [3.05, 3.63) is 34.9 Å². The predicted octanol–water partition coefficient (Wildman–Crippen LogP) is 1.09. The molecule has 0 unspecified atom stereocenters. The topological polar surface area (TPSA) is 66.4 Å². The molecule has 1 aromatic carbocycles. The zero-order valence-electron chi connectivity index (χ0n) is 8.38. The van der Waals surface area contributed by atoms with E-state index in [-0.39, 0.29) is 11.1 Å². The minimum atomic E-state index is -1.24. The number of rotatable bonds is 3. The van der Waals surface area contributed by atoms with Crippen LogP contribution < -0.4 is 5.32 Å². The van der Waals surface area contributed by atoms with Crippen LogP contribution in [-0.4, -0.2) is 23.5 Å². The van der Waals surface area contributed by atoms with Crippen molar-refractivity contribution < 1.29 is 23.5 Å². The van der Waals surface area contributed by atoms with Crippen molar-refractivity contribution in [2.45, 2.75) is 6.92 Å². The summed E-state index contributed by atoms with van der Waals surface area (Å²) in [6.45, 7) is 0.761. The van der Waals surface area contributed by atoms with Crippen LogP contribution in [0.15, 0.2) is 12.1 Å². The highest BCUT2D eigenvalue weighted by atomic mass is 19.1. The van der Waals surface area contributed by atoms with Crippen molar-refractivity contribution >= 4 is 11.9 Å². The minimum absolute atomic E-state index is 0.113. The van der Waals surface area contributed by atoms with Gasteiger partial charge >= 0.3 is 5.97 Å². The smallest absolute Gasteiger partial charge is 0.322 e. The van der Waals surface area contributed by atoms with E-state index >= 15 is 0 Å². The van der Waals surface area contributed by atoms with Gasteiger partial charge in [-0.1, -0.05) is 0 Å². The zero-order valence-corrected chi connectivity index (χ0v) is 8.38. The molecule has 0 radical (unpaired) electrons. The second-order valence-electron chi connectivity index (χ2n) is 3.16. The maximum absolute atomic E-state index is 13.2. The molecule has 1 amide bonds.